The number of hydrogen-bond acceptors (Lipinski definition) is 3. The van der Waals surface area contributed by atoms with Crippen molar-refractivity contribution in [3.63, 3.8) is 0 Å². The second kappa shape index (κ2) is 12.3. The molecule has 0 spiro atoms. The van der Waals surface area contributed by atoms with Crippen molar-refractivity contribution in [1.29, 1.82) is 0 Å². The van der Waals surface area contributed by atoms with Gasteiger partial charge in [0.15, 0.2) is 5.96 Å². The Kier molecular flexibility index (Phi) is 12.2. The molecule has 3 nitrogen and oxygen atoms in total. The van der Waals surface area contributed by atoms with Crippen LogP contribution in [0.5, 0.6) is 0 Å². The fourth-order valence-electron chi connectivity index (χ4n) is 1.78. The number of nitrogens with one attached hydrogen (secondary N) is 2. The van der Waals surface area contributed by atoms with Gasteiger partial charge in [-0.2, -0.15) is 11.8 Å². The highest BCUT2D eigenvalue weighted by Gasteiger charge is 2.07. The molecule has 120 valence electrons. The van der Waals surface area contributed by atoms with Crippen LogP contribution in [0.2, 0.25) is 0 Å². The van der Waals surface area contributed by atoms with E-state index in [1.54, 1.807) is 0 Å². The minimum Gasteiger partial charge on any atom is -0.356 e. The van der Waals surface area contributed by atoms with Crippen LogP contribution in [0.3, 0.4) is 0 Å². The van der Waals surface area contributed by atoms with Gasteiger partial charge in [0.1, 0.15) is 0 Å². The second-order valence-electron chi connectivity index (χ2n) is 4.62. The number of rotatable bonds is 8. The Hall–Kier alpha value is -0.210. The van der Waals surface area contributed by atoms with Crippen LogP contribution in [0, 0.1) is 6.92 Å². The minimum atomic E-state index is 0. The second-order valence-corrected chi connectivity index (χ2v) is 7.15. The largest absolute Gasteiger partial charge is 0.356 e. The fraction of sp³-hybridized carbons (Fsp3) is 0.533. The van der Waals surface area contributed by atoms with E-state index < -0.39 is 0 Å². The first-order valence-electron chi connectivity index (χ1n) is 6.86. The van der Waals surface area contributed by atoms with Gasteiger partial charge in [-0.05, 0) is 26.0 Å². The molecule has 1 aromatic heterocycles. The standard InChI is InChI=1S/C15H25N3S2.HI/c1-5-9-19-10-8-17-15(16-4)18-12(2)11-14-7-6-13(3)20-14;/h5-7,12H,1,8-11H2,2-4H3,(H2,16,17,18);1H. The van der Waals surface area contributed by atoms with E-state index in [1.807, 2.05) is 36.2 Å². The van der Waals surface area contributed by atoms with Gasteiger partial charge in [0.05, 0.1) is 0 Å². The lowest BCUT2D eigenvalue weighted by Crippen LogP contribution is -2.43. The van der Waals surface area contributed by atoms with Crippen molar-refractivity contribution in [2.75, 3.05) is 25.1 Å². The van der Waals surface area contributed by atoms with E-state index in [1.165, 1.54) is 9.75 Å². The summed E-state index contributed by atoms with van der Waals surface area (Å²) in [5.41, 5.74) is 0. The highest BCUT2D eigenvalue weighted by atomic mass is 127. The summed E-state index contributed by atoms with van der Waals surface area (Å²) in [5, 5.41) is 6.77. The van der Waals surface area contributed by atoms with Crippen molar-refractivity contribution in [2.45, 2.75) is 26.3 Å². The lowest BCUT2D eigenvalue weighted by molar-refractivity contribution is 0.648. The molecule has 0 aliphatic heterocycles. The van der Waals surface area contributed by atoms with E-state index in [-0.39, 0.29) is 24.0 Å². The van der Waals surface area contributed by atoms with Gasteiger partial charge in [-0.25, -0.2) is 0 Å². The van der Waals surface area contributed by atoms with E-state index in [4.69, 9.17) is 0 Å². The van der Waals surface area contributed by atoms with Crippen LogP contribution in [0.15, 0.2) is 29.8 Å². The molecule has 0 saturated carbocycles. The number of thioether (sulfide) groups is 1. The molecule has 1 unspecified atom stereocenters. The smallest absolute Gasteiger partial charge is 0.191 e. The molecule has 0 aliphatic carbocycles. The van der Waals surface area contributed by atoms with Gasteiger partial charge in [-0.15, -0.1) is 41.9 Å². The quantitative estimate of drug-likeness (QED) is 0.213. The molecule has 0 bridgehead atoms. The van der Waals surface area contributed by atoms with Gasteiger partial charge in [-0.3, -0.25) is 4.99 Å². The molecule has 2 N–H and O–H groups in total. The first kappa shape index (κ1) is 20.8. The first-order chi connectivity index (χ1) is 9.65. The summed E-state index contributed by atoms with van der Waals surface area (Å²) in [6.45, 7) is 8.97. The Labute approximate surface area is 154 Å². The Morgan fingerprint density at radius 2 is 2.29 bits per heavy atom. The van der Waals surface area contributed by atoms with Gasteiger partial charge >= 0.3 is 0 Å². The normalized spacial score (nSPS) is 12.4. The number of nitrogens with zero attached hydrogens (tertiary/aromatic N) is 1. The van der Waals surface area contributed by atoms with E-state index in [2.05, 4.69) is 48.2 Å². The van der Waals surface area contributed by atoms with Crippen LogP contribution in [-0.4, -0.2) is 37.1 Å². The highest BCUT2D eigenvalue weighted by Crippen LogP contribution is 2.16. The summed E-state index contributed by atoms with van der Waals surface area (Å²) in [4.78, 5) is 7.05. The fourth-order valence-corrected chi connectivity index (χ4v) is 3.38. The van der Waals surface area contributed by atoms with Crippen LogP contribution in [0.1, 0.15) is 16.7 Å². The number of thiophene rings is 1. The predicted molar refractivity (Wildman–Crippen MR) is 110 cm³/mol. The Bertz CT molecular complexity index is 432. The zero-order chi connectivity index (χ0) is 14.8. The van der Waals surface area contributed by atoms with Crippen molar-refractivity contribution in [3.05, 3.63) is 34.5 Å². The number of hydrogen-bond donors (Lipinski definition) is 2. The molecular formula is C15H26IN3S2. The third-order valence-electron chi connectivity index (χ3n) is 2.68. The van der Waals surface area contributed by atoms with Gasteiger partial charge in [0.25, 0.3) is 0 Å². The van der Waals surface area contributed by atoms with E-state index in [0.29, 0.717) is 6.04 Å². The lowest BCUT2D eigenvalue weighted by Gasteiger charge is -2.17. The van der Waals surface area contributed by atoms with Crippen molar-refractivity contribution in [2.24, 2.45) is 4.99 Å². The van der Waals surface area contributed by atoms with Crippen molar-refractivity contribution in [1.82, 2.24) is 10.6 Å². The molecule has 6 heteroatoms. The van der Waals surface area contributed by atoms with Crippen molar-refractivity contribution < 1.29 is 0 Å². The van der Waals surface area contributed by atoms with E-state index in [9.17, 15) is 0 Å². The lowest BCUT2D eigenvalue weighted by atomic mass is 10.2. The average Bonchev–Trinajstić information content (AvgIpc) is 2.82. The molecule has 1 aromatic rings. The molecule has 0 radical (unpaired) electrons. The molecular weight excluding hydrogens is 413 g/mol. The maximum absolute atomic E-state index is 4.26. The maximum Gasteiger partial charge on any atom is 0.191 e. The topological polar surface area (TPSA) is 36.4 Å². The SMILES string of the molecule is C=CCSCCNC(=NC)NC(C)Cc1ccc(C)s1.I. The Morgan fingerprint density at radius 3 is 2.86 bits per heavy atom. The first-order valence-corrected chi connectivity index (χ1v) is 8.84. The molecule has 21 heavy (non-hydrogen) atoms. The predicted octanol–water partition coefficient (Wildman–Crippen LogP) is 3.69. The minimum absolute atomic E-state index is 0. The van der Waals surface area contributed by atoms with Gasteiger partial charge < -0.3 is 10.6 Å². The summed E-state index contributed by atoms with van der Waals surface area (Å²) < 4.78 is 0. The average molecular weight is 439 g/mol. The third kappa shape index (κ3) is 9.42. The van der Waals surface area contributed by atoms with Crippen LogP contribution >= 0.6 is 47.1 Å². The van der Waals surface area contributed by atoms with E-state index >= 15 is 0 Å². The van der Waals surface area contributed by atoms with Crippen LogP contribution in [0.25, 0.3) is 0 Å². The summed E-state index contributed by atoms with van der Waals surface area (Å²) >= 11 is 3.73. The molecule has 0 saturated heterocycles. The van der Waals surface area contributed by atoms with E-state index in [0.717, 1.165) is 30.4 Å². The third-order valence-corrected chi connectivity index (χ3v) is 4.67. The summed E-state index contributed by atoms with van der Waals surface area (Å²) in [6, 6.07) is 4.76. The molecule has 0 aliphatic rings. The molecule has 0 aromatic carbocycles. The van der Waals surface area contributed by atoms with Crippen LogP contribution in [0.4, 0.5) is 0 Å². The number of aryl methyl sites for hydroxylation is 1. The Balaban J connectivity index is 0.00000400. The molecule has 0 amide bonds. The molecule has 1 rings (SSSR count). The van der Waals surface area contributed by atoms with Gasteiger partial charge in [-0.1, -0.05) is 6.08 Å². The van der Waals surface area contributed by atoms with Gasteiger partial charge in [0.2, 0.25) is 0 Å². The Morgan fingerprint density at radius 1 is 1.52 bits per heavy atom. The summed E-state index contributed by atoms with van der Waals surface area (Å²) in [5.74, 6) is 2.94. The van der Waals surface area contributed by atoms with Crippen molar-refractivity contribution in [3.8, 4) is 0 Å². The summed E-state index contributed by atoms with van der Waals surface area (Å²) in [6.07, 6.45) is 2.97. The molecule has 0 fully saturated rings. The highest BCUT2D eigenvalue weighted by molar-refractivity contribution is 14.0. The number of guanidine groups is 1. The zero-order valence-corrected chi connectivity index (χ0v) is 17.0. The molecule has 1 atom stereocenters. The zero-order valence-electron chi connectivity index (χ0n) is 13.0. The van der Waals surface area contributed by atoms with Crippen LogP contribution in [-0.2, 0) is 6.42 Å². The van der Waals surface area contributed by atoms with Gasteiger partial charge in [0, 0.05) is 47.3 Å². The van der Waals surface area contributed by atoms with Crippen molar-refractivity contribution >= 4 is 53.0 Å². The molecule has 1 heterocycles. The maximum atomic E-state index is 4.26. The van der Waals surface area contributed by atoms with Crippen LogP contribution < -0.4 is 10.6 Å². The summed E-state index contributed by atoms with van der Waals surface area (Å²) in [7, 11) is 1.81. The number of halogens is 1. The number of aliphatic imine (C=N–C) groups is 1. The monoisotopic (exact) mass is 439 g/mol.